The minimum Gasteiger partial charge on any atom is -0.507 e. The third-order valence-corrected chi connectivity index (χ3v) is 3.34. The fourth-order valence-electron chi connectivity index (χ4n) is 2.45. The van der Waals surface area contributed by atoms with Crippen molar-refractivity contribution in [1.82, 2.24) is 0 Å². The Morgan fingerprint density at radius 3 is 2.82 bits per heavy atom. The Hall–Kier alpha value is -1.87. The molecule has 0 bridgehead atoms. The van der Waals surface area contributed by atoms with Crippen molar-refractivity contribution in [1.29, 1.82) is 0 Å². The third kappa shape index (κ3) is 1.43. The average molecular weight is 228 g/mol. The van der Waals surface area contributed by atoms with Crippen LogP contribution in [-0.2, 0) is 0 Å². The normalized spacial score (nSPS) is 19.4. The van der Waals surface area contributed by atoms with Gasteiger partial charge in [-0.1, -0.05) is 24.3 Å². The first-order chi connectivity index (χ1) is 8.18. The molecular formula is C14H12O3. The molecule has 0 saturated carbocycles. The summed E-state index contributed by atoms with van der Waals surface area (Å²) in [5.74, 6) is -0.0876. The van der Waals surface area contributed by atoms with Crippen molar-refractivity contribution in [2.75, 3.05) is 0 Å². The lowest BCUT2D eigenvalue weighted by Crippen LogP contribution is -2.15. The van der Waals surface area contributed by atoms with Crippen molar-refractivity contribution in [3.8, 4) is 5.75 Å². The molecule has 3 heteroatoms. The van der Waals surface area contributed by atoms with Crippen LogP contribution in [0.25, 0.3) is 10.8 Å². The molecule has 0 heterocycles. The van der Waals surface area contributed by atoms with E-state index in [-0.39, 0.29) is 11.5 Å². The van der Waals surface area contributed by atoms with Gasteiger partial charge in [-0.05, 0) is 23.4 Å². The number of Topliss-reactive ketones (excluding diaryl/α,β-unsaturated/α-hetero) is 1. The van der Waals surface area contributed by atoms with Gasteiger partial charge in [0, 0.05) is 11.8 Å². The number of benzene rings is 2. The Labute approximate surface area is 98.3 Å². The zero-order chi connectivity index (χ0) is 12.0. The van der Waals surface area contributed by atoms with Crippen LogP contribution in [0, 0.1) is 0 Å². The van der Waals surface area contributed by atoms with Crippen LogP contribution in [0.5, 0.6) is 5.75 Å². The lowest BCUT2D eigenvalue weighted by molar-refractivity contribution is 0.0893. The lowest BCUT2D eigenvalue weighted by Gasteiger charge is -2.22. The van der Waals surface area contributed by atoms with Crippen LogP contribution in [0.2, 0.25) is 0 Å². The fourth-order valence-corrected chi connectivity index (χ4v) is 2.45. The van der Waals surface area contributed by atoms with Gasteiger partial charge in [-0.15, -0.1) is 0 Å². The summed E-state index contributed by atoms with van der Waals surface area (Å²) in [6, 6.07) is 9.12. The minimum absolute atomic E-state index is 0.00171. The summed E-state index contributed by atoms with van der Waals surface area (Å²) in [5.41, 5.74) is 0.847. The van der Waals surface area contributed by atoms with Crippen LogP contribution in [0.1, 0.15) is 34.9 Å². The smallest absolute Gasteiger partial charge is 0.167 e. The number of phenolic OH excluding ortho intramolecular Hbond substituents is 1. The van der Waals surface area contributed by atoms with Gasteiger partial charge in [0.05, 0.1) is 11.7 Å². The first-order valence-electron chi connectivity index (χ1n) is 5.64. The molecule has 0 fully saturated rings. The van der Waals surface area contributed by atoms with Crippen LogP contribution in [0.3, 0.4) is 0 Å². The number of fused-ring (bicyclic) bond motifs is 2. The average Bonchev–Trinajstić information content (AvgIpc) is 2.34. The van der Waals surface area contributed by atoms with E-state index in [0.717, 1.165) is 5.39 Å². The highest BCUT2D eigenvalue weighted by Gasteiger charge is 2.28. The van der Waals surface area contributed by atoms with Crippen LogP contribution < -0.4 is 0 Å². The minimum atomic E-state index is -0.654. The molecule has 17 heavy (non-hydrogen) atoms. The highest BCUT2D eigenvalue weighted by Crippen LogP contribution is 2.39. The van der Waals surface area contributed by atoms with Crippen molar-refractivity contribution in [3.05, 3.63) is 41.5 Å². The third-order valence-electron chi connectivity index (χ3n) is 3.34. The predicted octanol–water partition coefficient (Wildman–Crippen LogP) is 2.56. The predicted molar refractivity (Wildman–Crippen MR) is 64.1 cm³/mol. The van der Waals surface area contributed by atoms with Crippen LogP contribution >= 0.6 is 0 Å². The van der Waals surface area contributed by atoms with Crippen molar-refractivity contribution < 1.29 is 15.0 Å². The molecule has 0 spiro atoms. The monoisotopic (exact) mass is 228 g/mol. The quantitative estimate of drug-likeness (QED) is 0.728. The molecule has 1 aliphatic rings. The molecule has 0 radical (unpaired) electrons. The second-order valence-corrected chi connectivity index (χ2v) is 4.39. The summed E-state index contributed by atoms with van der Waals surface area (Å²) in [6.07, 6.45) is 0.0714. The van der Waals surface area contributed by atoms with E-state index < -0.39 is 6.10 Å². The number of carbonyl (C=O) groups is 1. The van der Waals surface area contributed by atoms with Gasteiger partial charge in [0.1, 0.15) is 5.75 Å². The zero-order valence-electron chi connectivity index (χ0n) is 9.18. The number of phenols is 1. The summed E-state index contributed by atoms with van der Waals surface area (Å²) >= 11 is 0. The second-order valence-electron chi connectivity index (χ2n) is 4.39. The Kier molecular flexibility index (Phi) is 2.16. The van der Waals surface area contributed by atoms with Crippen molar-refractivity contribution >= 4 is 16.6 Å². The zero-order valence-corrected chi connectivity index (χ0v) is 9.18. The number of hydrogen-bond acceptors (Lipinski definition) is 3. The van der Waals surface area contributed by atoms with E-state index >= 15 is 0 Å². The largest absolute Gasteiger partial charge is 0.507 e. The van der Waals surface area contributed by atoms with Gasteiger partial charge in [0.25, 0.3) is 0 Å². The summed E-state index contributed by atoms with van der Waals surface area (Å²) in [4.78, 5) is 11.8. The molecule has 3 rings (SSSR count). The molecule has 86 valence electrons. The molecule has 3 nitrogen and oxygen atoms in total. The first kappa shape index (κ1) is 10.3. The number of aliphatic hydroxyl groups excluding tert-OH is 1. The second kappa shape index (κ2) is 3.57. The van der Waals surface area contributed by atoms with E-state index in [4.69, 9.17) is 0 Å². The SMILES string of the molecule is O=C1CCC(O)c2cc3ccccc3c(O)c21. The van der Waals surface area contributed by atoms with E-state index in [0.29, 0.717) is 29.4 Å². The number of ketones is 1. The molecule has 2 aromatic carbocycles. The first-order valence-corrected chi connectivity index (χ1v) is 5.64. The van der Waals surface area contributed by atoms with Gasteiger partial charge in [-0.2, -0.15) is 0 Å². The summed E-state index contributed by atoms with van der Waals surface area (Å²) in [6.45, 7) is 0. The Balaban J connectivity index is 2.41. The number of aromatic hydroxyl groups is 1. The van der Waals surface area contributed by atoms with Crippen LogP contribution in [-0.4, -0.2) is 16.0 Å². The summed E-state index contributed by atoms with van der Waals surface area (Å²) in [5, 5.41) is 21.6. The Morgan fingerprint density at radius 2 is 2.00 bits per heavy atom. The van der Waals surface area contributed by atoms with E-state index in [1.54, 1.807) is 12.1 Å². The maximum absolute atomic E-state index is 11.8. The highest BCUT2D eigenvalue weighted by atomic mass is 16.3. The molecule has 1 aliphatic carbocycles. The number of hydrogen-bond donors (Lipinski definition) is 2. The van der Waals surface area contributed by atoms with Crippen molar-refractivity contribution in [2.45, 2.75) is 18.9 Å². The highest BCUT2D eigenvalue weighted by molar-refractivity contribution is 6.07. The van der Waals surface area contributed by atoms with Crippen molar-refractivity contribution in [3.63, 3.8) is 0 Å². The lowest BCUT2D eigenvalue weighted by atomic mass is 9.85. The van der Waals surface area contributed by atoms with Gasteiger partial charge in [0.15, 0.2) is 5.78 Å². The molecule has 0 aliphatic heterocycles. The van der Waals surface area contributed by atoms with E-state index in [1.807, 2.05) is 18.2 Å². The van der Waals surface area contributed by atoms with E-state index in [9.17, 15) is 15.0 Å². The van der Waals surface area contributed by atoms with Gasteiger partial charge < -0.3 is 10.2 Å². The molecule has 0 aromatic heterocycles. The van der Waals surface area contributed by atoms with E-state index in [1.165, 1.54) is 0 Å². The van der Waals surface area contributed by atoms with E-state index in [2.05, 4.69) is 0 Å². The standard InChI is InChI=1S/C14H12O3/c15-11-5-6-12(16)13-10(11)7-8-3-1-2-4-9(8)14(13)17/h1-4,7,11,15,17H,5-6H2. The fraction of sp³-hybridized carbons (Fsp3) is 0.214. The van der Waals surface area contributed by atoms with Crippen LogP contribution in [0.4, 0.5) is 0 Å². The molecule has 0 saturated heterocycles. The van der Waals surface area contributed by atoms with Gasteiger partial charge in [0.2, 0.25) is 0 Å². The summed E-state index contributed by atoms with van der Waals surface area (Å²) < 4.78 is 0. The Bertz CT molecular complexity index is 616. The number of carbonyl (C=O) groups excluding carboxylic acids is 1. The maximum Gasteiger partial charge on any atom is 0.167 e. The Morgan fingerprint density at radius 1 is 1.24 bits per heavy atom. The molecule has 1 atom stereocenters. The summed E-state index contributed by atoms with van der Waals surface area (Å²) in [7, 11) is 0. The van der Waals surface area contributed by atoms with Gasteiger partial charge in [-0.3, -0.25) is 4.79 Å². The molecule has 1 unspecified atom stereocenters. The number of rotatable bonds is 0. The van der Waals surface area contributed by atoms with Gasteiger partial charge in [-0.25, -0.2) is 0 Å². The molecule has 2 N–H and O–H groups in total. The molecule has 0 amide bonds. The number of aliphatic hydroxyl groups is 1. The molecule has 2 aromatic rings. The maximum atomic E-state index is 11.8. The topological polar surface area (TPSA) is 57.5 Å². The van der Waals surface area contributed by atoms with Crippen molar-refractivity contribution in [2.24, 2.45) is 0 Å². The molecular weight excluding hydrogens is 216 g/mol. The van der Waals surface area contributed by atoms with Crippen LogP contribution in [0.15, 0.2) is 30.3 Å². The van der Waals surface area contributed by atoms with Gasteiger partial charge >= 0.3 is 0 Å².